The zero-order valence-electron chi connectivity index (χ0n) is 12.7. The SMILES string of the molecule is Cc1ccc(OCNC(=O)Nc2cccc3cccnc23)cc1. The van der Waals surface area contributed by atoms with Crippen molar-refractivity contribution in [1.29, 1.82) is 0 Å². The van der Waals surface area contributed by atoms with E-state index in [2.05, 4.69) is 15.6 Å². The van der Waals surface area contributed by atoms with Gasteiger partial charge in [-0.05, 0) is 31.2 Å². The third-order valence-electron chi connectivity index (χ3n) is 3.37. The topological polar surface area (TPSA) is 63.2 Å². The molecule has 0 aliphatic carbocycles. The summed E-state index contributed by atoms with van der Waals surface area (Å²) >= 11 is 0. The van der Waals surface area contributed by atoms with Gasteiger partial charge in [0.2, 0.25) is 0 Å². The lowest BCUT2D eigenvalue weighted by molar-refractivity contribution is 0.234. The molecule has 0 fully saturated rings. The number of hydrogen-bond acceptors (Lipinski definition) is 3. The fourth-order valence-electron chi connectivity index (χ4n) is 2.19. The monoisotopic (exact) mass is 307 g/mol. The van der Waals surface area contributed by atoms with Gasteiger partial charge in [-0.3, -0.25) is 4.98 Å². The zero-order chi connectivity index (χ0) is 16.1. The molecule has 1 heterocycles. The first kappa shape index (κ1) is 14.8. The van der Waals surface area contributed by atoms with Gasteiger partial charge in [0.25, 0.3) is 0 Å². The van der Waals surface area contributed by atoms with E-state index < -0.39 is 0 Å². The summed E-state index contributed by atoms with van der Waals surface area (Å²) in [5.41, 5.74) is 2.58. The summed E-state index contributed by atoms with van der Waals surface area (Å²) in [5, 5.41) is 6.42. The molecule has 0 radical (unpaired) electrons. The summed E-state index contributed by atoms with van der Waals surface area (Å²) < 4.78 is 5.47. The van der Waals surface area contributed by atoms with Crippen molar-refractivity contribution >= 4 is 22.6 Å². The molecule has 0 saturated carbocycles. The van der Waals surface area contributed by atoms with Gasteiger partial charge in [-0.25, -0.2) is 4.79 Å². The third-order valence-corrected chi connectivity index (χ3v) is 3.37. The van der Waals surface area contributed by atoms with Crippen LogP contribution in [0.3, 0.4) is 0 Å². The Balaban J connectivity index is 1.57. The van der Waals surface area contributed by atoms with Crippen molar-refractivity contribution < 1.29 is 9.53 Å². The van der Waals surface area contributed by atoms with Crippen LogP contribution in [0, 0.1) is 6.92 Å². The number of para-hydroxylation sites is 1. The maximum Gasteiger partial charge on any atom is 0.321 e. The number of carbonyl (C=O) groups excluding carboxylic acids is 1. The second kappa shape index (κ2) is 6.79. The fourth-order valence-corrected chi connectivity index (χ4v) is 2.19. The molecule has 1 aromatic heterocycles. The molecule has 116 valence electrons. The van der Waals surface area contributed by atoms with Crippen LogP contribution < -0.4 is 15.4 Å². The van der Waals surface area contributed by atoms with E-state index in [1.165, 1.54) is 0 Å². The fraction of sp³-hybridized carbons (Fsp3) is 0.111. The van der Waals surface area contributed by atoms with E-state index in [1.807, 2.05) is 61.5 Å². The molecule has 0 saturated heterocycles. The van der Waals surface area contributed by atoms with Crippen LogP contribution >= 0.6 is 0 Å². The Labute approximate surface area is 134 Å². The Kier molecular flexibility index (Phi) is 4.38. The zero-order valence-corrected chi connectivity index (χ0v) is 12.7. The number of urea groups is 1. The summed E-state index contributed by atoms with van der Waals surface area (Å²) in [6.07, 6.45) is 1.70. The Morgan fingerprint density at radius 2 is 1.87 bits per heavy atom. The predicted octanol–water partition coefficient (Wildman–Crippen LogP) is 3.70. The number of benzene rings is 2. The van der Waals surface area contributed by atoms with Crippen LogP contribution in [0.5, 0.6) is 5.75 Å². The maximum atomic E-state index is 12.0. The van der Waals surface area contributed by atoms with Gasteiger partial charge < -0.3 is 15.4 Å². The van der Waals surface area contributed by atoms with Gasteiger partial charge in [0.05, 0.1) is 11.2 Å². The molecule has 2 amide bonds. The summed E-state index contributed by atoms with van der Waals surface area (Å²) in [7, 11) is 0. The summed E-state index contributed by atoms with van der Waals surface area (Å²) in [5.74, 6) is 0.711. The molecule has 3 aromatic rings. The van der Waals surface area contributed by atoms with E-state index in [0.29, 0.717) is 11.4 Å². The Hall–Kier alpha value is -3.08. The molecule has 3 rings (SSSR count). The smallest absolute Gasteiger partial charge is 0.321 e. The molecule has 2 N–H and O–H groups in total. The summed E-state index contributed by atoms with van der Waals surface area (Å²) in [6, 6.07) is 16.8. The minimum Gasteiger partial charge on any atom is -0.473 e. The van der Waals surface area contributed by atoms with E-state index in [4.69, 9.17) is 4.74 Å². The quantitative estimate of drug-likeness (QED) is 0.722. The largest absolute Gasteiger partial charge is 0.473 e. The van der Waals surface area contributed by atoms with Gasteiger partial charge >= 0.3 is 6.03 Å². The number of rotatable bonds is 4. The number of amides is 2. The highest BCUT2D eigenvalue weighted by Gasteiger charge is 2.05. The van der Waals surface area contributed by atoms with Crippen molar-refractivity contribution in [2.75, 3.05) is 12.0 Å². The first-order valence-corrected chi connectivity index (χ1v) is 7.30. The van der Waals surface area contributed by atoms with Crippen LogP contribution in [0.15, 0.2) is 60.8 Å². The maximum absolute atomic E-state index is 12.0. The Morgan fingerprint density at radius 3 is 2.70 bits per heavy atom. The van der Waals surface area contributed by atoms with Crippen molar-refractivity contribution in [3.63, 3.8) is 0 Å². The molecule has 5 heteroatoms. The number of carbonyl (C=O) groups is 1. The van der Waals surface area contributed by atoms with Crippen molar-refractivity contribution in [2.24, 2.45) is 0 Å². The third kappa shape index (κ3) is 3.77. The van der Waals surface area contributed by atoms with E-state index >= 15 is 0 Å². The van der Waals surface area contributed by atoms with E-state index in [-0.39, 0.29) is 12.8 Å². The molecule has 2 aromatic carbocycles. The van der Waals surface area contributed by atoms with E-state index in [1.54, 1.807) is 6.20 Å². The number of hydrogen-bond donors (Lipinski definition) is 2. The number of pyridine rings is 1. The average Bonchev–Trinajstić information content (AvgIpc) is 2.57. The molecule has 0 bridgehead atoms. The molecule has 0 spiro atoms. The summed E-state index contributed by atoms with van der Waals surface area (Å²) in [4.78, 5) is 16.3. The van der Waals surface area contributed by atoms with Gasteiger partial charge in [-0.1, -0.05) is 35.9 Å². The van der Waals surface area contributed by atoms with Gasteiger partial charge in [0.15, 0.2) is 6.73 Å². The standard InChI is InChI=1S/C18H17N3O2/c1-13-7-9-15(10-8-13)23-12-20-18(22)21-16-6-2-4-14-5-3-11-19-17(14)16/h2-11H,12H2,1H3,(H2,20,21,22). The van der Waals surface area contributed by atoms with Crippen molar-refractivity contribution in [3.8, 4) is 5.75 Å². The molecule has 0 atom stereocenters. The van der Waals surface area contributed by atoms with Gasteiger partial charge in [-0.15, -0.1) is 0 Å². The lowest BCUT2D eigenvalue weighted by atomic mass is 10.2. The number of nitrogens with one attached hydrogen (secondary N) is 2. The Morgan fingerprint density at radius 1 is 1.09 bits per heavy atom. The molecular weight excluding hydrogens is 290 g/mol. The second-order valence-corrected chi connectivity index (χ2v) is 5.11. The highest BCUT2D eigenvalue weighted by molar-refractivity contribution is 5.99. The molecule has 0 aliphatic heterocycles. The average molecular weight is 307 g/mol. The van der Waals surface area contributed by atoms with Crippen molar-refractivity contribution in [3.05, 3.63) is 66.4 Å². The molecule has 0 unspecified atom stereocenters. The number of aromatic nitrogens is 1. The minimum atomic E-state index is -0.338. The molecule has 0 aliphatic rings. The predicted molar refractivity (Wildman–Crippen MR) is 90.6 cm³/mol. The number of nitrogens with zero attached hydrogens (tertiary/aromatic N) is 1. The lowest BCUT2D eigenvalue weighted by Crippen LogP contribution is -2.32. The van der Waals surface area contributed by atoms with Crippen molar-refractivity contribution in [1.82, 2.24) is 10.3 Å². The normalized spacial score (nSPS) is 10.3. The van der Waals surface area contributed by atoms with Crippen molar-refractivity contribution in [2.45, 2.75) is 6.92 Å². The number of aryl methyl sites for hydroxylation is 1. The Bertz CT molecular complexity index is 811. The minimum absolute atomic E-state index is 0.0904. The highest BCUT2D eigenvalue weighted by atomic mass is 16.5. The summed E-state index contributed by atoms with van der Waals surface area (Å²) in [6.45, 7) is 2.10. The molecule has 5 nitrogen and oxygen atoms in total. The number of fused-ring (bicyclic) bond motifs is 1. The molecular formula is C18H17N3O2. The number of ether oxygens (including phenoxy) is 1. The van der Waals surface area contributed by atoms with Crippen LogP contribution in [-0.2, 0) is 0 Å². The van der Waals surface area contributed by atoms with Crippen LogP contribution in [0.2, 0.25) is 0 Å². The van der Waals surface area contributed by atoms with E-state index in [9.17, 15) is 4.79 Å². The van der Waals surface area contributed by atoms with Gasteiger partial charge in [0, 0.05) is 11.6 Å². The van der Waals surface area contributed by atoms with Crippen LogP contribution in [0.1, 0.15) is 5.56 Å². The van der Waals surface area contributed by atoms with Gasteiger partial charge in [-0.2, -0.15) is 0 Å². The number of anilines is 1. The van der Waals surface area contributed by atoms with Crippen LogP contribution in [-0.4, -0.2) is 17.7 Å². The first-order chi connectivity index (χ1) is 11.2. The lowest BCUT2D eigenvalue weighted by Gasteiger charge is -2.10. The van der Waals surface area contributed by atoms with Gasteiger partial charge in [0.1, 0.15) is 5.75 Å². The van der Waals surface area contributed by atoms with E-state index in [0.717, 1.165) is 16.5 Å². The van der Waals surface area contributed by atoms with Crippen LogP contribution in [0.25, 0.3) is 10.9 Å². The molecule has 23 heavy (non-hydrogen) atoms. The first-order valence-electron chi connectivity index (χ1n) is 7.30. The van der Waals surface area contributed by atoms with Crippen LogP contribution in [0.4, 0.5) is 10.5 Å². The highest BCUT2D eigenvalue weighted by Crippen LogP contribution is 2.20. The second-order valence-electron chi connectivity index (χ2n) is 5.11.